The molecule has 1 aliphatic carbocycles. The van der Waals surface area contributed by atoms with Crippen molar-refractivity contribution in [2.75, 3.05) is 5.32 Å². The van der Waals surface area contributed by atoms with Crippen molar-refractivity contribution in [1.29, 1.82) is 0 Å². The van der Waals surface area contributed by atoms with Crippen LogP contribution in [0.4, 0.5) is 5.69 Å². The average Bonchev–Trinajstić information content (AvgIpc) is 3.24. The lowest BCUT2D eigenvalue weighted by molar-refractivity contribution is -0.146. The van der Waals surface area contributed by atoms with E-state index in [0.717, 1.165) is 49.7 Å². The number of anilines is 1. The number of nitrogens with one attached hydrogen (secondary N) is 2. The first-order valence-corrected chi connectivity index (χ1v) is 12.1. The number of aliphatic carboxylic acids is 1. The summed E-state index contributed by atoms with van der Waals surface area (Å²) in [5.74, 6) is -3.43. The van der Waals surface area contributed by atoms with E-state index in [9.17, 15) is 24.3 Å². The Morgan fingerprint density at radius 3 is 2.45 bits per heavy atom. The lowest BCUT2D eigenvalue weighted by Gasteiger charge is -2.32. The Bertz CT molecular complexity index is 1040. The highest BCUT2D eigenvalue weighted by atomic mass is 16.4. The number of rotatable bonds is 4. The van der Waals surface area contributed by atoms with Gasteiger partial charge in [0.25, 0.3) is 0 Å². The van der Waals surface area contributed by atoms with Gasteiger partial charge < -0.3 is 10.4 Å². The third-order valence-electron chi connectivity index (χ3n) is 8.31. The fraction of sp³-hybridized carbons (Fsp3) is 0.600. The molecule has 0 unspecified atom stereocenters. The molecule has 1 saturated carbocycles. The quantitative estimate of drug-likeness (QED) is 0.477. The predicted octanol–water partition coefficient (Wildman–Crippen LogP) is 2.61. The molecule has 33 heavy (non-hydrogen) atoms. The number of nitrogens with zero attached hydrogens (tertiary/aromatic N) is 1. The molecular formula is C25H31N3O5. The van der Waals surface area contributed by atoms with Crippen LogP contribution in [0.3, 0.4) is 0 Å². The molecule has 4 aliphatic rings. The first-order valence-electron chi connectivity index (χ1n) is 12.1. The molecule has 3 amide bonds. The summed E-state index contributed by atoms with van der Waals surface area (Å²) in [4.78, 5) is 54.0. The fourth-order valence-corrected chi connectivity index (χ4v) is 6.54. The summed E-state index contributed by atoms with van der Waals surface area (Å²) in [6, 6.07) is 3.10. The fourth-order valence-electron chi connectivity index (χ4n) is 6.54. The lowest BCUT2D eigenvalue weighted by Crippen LogP contribution is -2.54. The molecule has 3 fully saturated rings. The maximum absolute atomic E-state index is 13.9. The monoisotopic (exact) mass is 453 g/mol. The van der Waals surface area contributed by atoms with E-state index in [0.29, 0.717) is 11.3 Å². The number of carboxylic acid groups (broad SMARTS) is 1. The molecule has 2 saturated heterocycles. The second-order valence-corrected chi connectivity index (χ2v) is 10.1. The molecule has 8 nitrogen and oxygen atoms in total. The Balaban J connectivity index is 1.61. The highest BCUT2D eigenvalue weighted by Gasteiger charge is 2.70. The number of amides is 3. The zero-order chi connectivity index (χ0) is 23.5. The van der Waals surface area contributed by atoms with Crippen LogP contribution in [-0.4, -0.2) is 45.8 Å². The van der Waals surface area contributed by atoms with E-state index in [1.54, 1.807) is 0 Å². The van der Waals surface area contributed by atoms with Gasteiger partial charge in [-0.2, -0.15) is 0 Å². The molecule has 0 aromatic heterocycles. The Labute approximate surface area is 193 Å². The number of carboxylic acids is 1. The summed E-state index contributed by atoms with van der Waals surface area (Å²) in [5.41, 5.74) is 1.98. The molecule has 3 N–H and O–H groups in total. The predicted molar refractivity (Wildman–Crippen MR) is 120 cm³/mol. The average molecular weight is 454 g/mol. The highest BCUT2D eigenvalue weighted by Crippen LogP contribution is 2.55. The van der Waals surface area contributed by atoms with Gasteiger partial charge in [0.05, 0.1) is 11.8 Å². The molecule has 3 aliphatic heterocycles. The minimum atomic E-state index is -1.35. The van der Waals surface area contributed by atoms with E-state index < -0.39 is 29.4 Å². The molecule has 5 rings (SSSR count). The van der Waals surface area contributed by atoms with E-state index in [-0.39, 0.29) is 36.6 Å². The Morgan fingerprint density at radius 2 is 1.79 bits per heavy atom. The van der Waals surface area contributed by atoms with Crippen LogP contribution in [0.1, 0.15) is 68.1 Å². The van der Waals surface area contributed by atoms with Crippen molar-refractivity contribution in [2.24, 2.45) is 11.8 Å². The molecule has 8 heteroatoms. The normalized spacial score (nSPS) is 31.6. The number of aryl methyl sites for hydroxylation is 1. The summed E-state index contributed by atoms with van der Waals surface area (Å²) in [7, 11) is 0. The number of fused-ring (bicyclic) bond motifs is 4. The molecule has 3 heterocycles. The van der Waals surface area contributed by atoms with Gasteiger partial charge in [-0.1, -0.05) is 37.8 Å². The van der Waals surface area contributed by atoms with E-state index in [1.807, 2.05) is 26.0 Å². The topological polar surface area (TPSA) is 116 Å². The molecule has 0 radical (unpaired) electrons. The molecular weight excluding hydrogens is 422 g/mol. The van der Waals surface area contributed by atoms with Gasteiger partial charge in [-0.05, 0) is 44.2 Å². The number of carbonyl (C=O) groups excluding carboxylic acids is 3. The summed E-state index contributed by atoms with van der Waals surface area (Å²) >= 11 is 0. The van der Waals surface area contributed by atoms with Crippen molar-refractivity contribution in [1.82, 2.24) is 10.2 Å². The van der Waals surface area contributed by atoms with E-state index in [1.165, 1.54) is 4.90 Å². The summed E-state index contributed by atoms with van der Waals surface area (Å²) in [6.45, 7) is 3.90. The Morgan fingerprint density at radius 1 is 1.09 bits per heavy atom. The largest absolute Gasteiger partial charge is 0.481 e. The minimum Gasteiger partial charge on any atom is -0.481 e. The Hall–Kier alpha value is -2.74. The van der Waals surface area contributed by atoms with Gasteiger partial charge in [-0.15, -0.1) is 0 Å². The van der Waals surface area contributed by atoms with E-state index in [2.05, 4.69) is 10.6 Å². The first-order chi connectivity index (χ1) is 15.8. The van der Waals surface area contributed by atoms with Gasteiger partial charge >= 0.3 is 5.97 Å². The third-order valence-corrected chi connectivity index (χ3v) is 8.31. The number of benzene rings is 1. The molecule has 176 valence electrons. The van der Waals surface area contributed by atoms with E-state index >= 15 is 0 Å². The number of carbonyl (C=O) groups is 4. The molecule has 0 bridgehead atoms. The third kappa shape index (κ3) is 3.14. The van der Waals surface area contributed by atoms with Crippen LogP contribution in [0.5, 0.6) is 0 Å². The second kappa shape index (κ2) is 7.94. The van der Waals surface area contributed by atoms with Crippen molar-refractivity contribution >= 4 is 29.4 Å². The molecule has 4 atom stereocenters. The Kier molecular flexibility index (Phi) is 5.31. The van der Waals surface area contributed by atoms with E-state index in [4.69, 9.17) is 0 Å². The molecule has 1 spiro atoms. The van der Waals surface area contributed by atoms with Crippen LogP contribution in [0, 0.1) is 25.7 Å². The molecule has 1 aromatic carbocycles. The van der Waals surface area contributed by atoms with Crippen LogP contribution in [0.25, 0.3) is 0 Å². The van der Waals surface area contributed by atoms with Crippen LogP contribution < -0.4 is 10.6 Å². The van der Waals surface area contributed by atoms with Gasteiger partial charge in [0.2, 0.25) is 17.7 Å². The van der Waals surface area contributed by atoms with Crippen molar-refractivity contribution in [3.63, 3.8) is 0 Å². The maximum Gasteiger partial charge on any atom is 0.303 e. The van der Waals surface area contributed by atoms with Gasteiger partial charge in [0.1, 0.15) is 5.54 Å². The smallest absolute Gasteiger partial charge is 0.303 e. The maximum atomic E-state index is 13.9. The summed E-state index contributed by atoms with van der Waals surface area (Å²) < 4.78 is 0. The van der Waals surface area contributed by atoms with Crippen molar-refractivity contribution in [3.8, 4) is 0 Å². The summed E-state index contributed by atoms with van der Waals surface area (Å²) in [5, 5.41) is 15.6. The SMILES string of the molecule is Cc1ccc2c(c1C)NC(=O)[C@@]21N[C@H](CCC(=O)O)[C@H]2C(=O)N(C3CCCCCC3)C(=O)[C@@H]21. The van der Waals surface area contributed by atoms with Gasteiger partial charge in [-0.3, -0.25) is 29.4 Å². The second-order valence-electron chi connectivity index (χ2n) is 10.1. The highest BCUT2D eigenvalue weighted by molar-refractivity contribution is 6.15. The first kappa shape index (κ1) is 22.1. The minimum absolute atomic E-state index is 0.136. The molecule has 1 aromatic rings. The number of likely N-dealkylation sites (tertiary alicyclic amines) is 1. The van der Waals surface area contributed by atoms with Crippen molar-refractivity contribution in [3.05, 3.63) is 28.8 Å². The zero-order valence-corrected chi connectivity index (χ0v) is 19.1. The van der Waals surface area contributed by atoms with Gasteiger partial charge in [0, 0.05) is 29.8 Å². The van der Waals surface area contributed by atoms with Crippen LogP contribution in [0.15, 0.2) is 12.1 Å². The number of imide groups is 1. The van der Waals surface area contributed by atoms with Gasteiger partial charge in [-0.25, -0.2) is 0 Å². The van der Waals surface area contributed by atoms with Gasteiger partial charge in [0.15, 0.2) is 0 Å². The zero-order valence-electron chi connectivity index (χ0n) is 19.1. The van der Waals surface area contributed by atoms with Crippen LogP contribution in [-0.2, 0) is 24.7 Å². The van der Waals surface area contributed by atoms with Crippen molar-refractivity contribution in [2.45, 2.75) is 82.8 Å². The summed E-state index contributed by atoms with van der Waals surface area (Å²) in [6.07, 6.45) is 5.78. The number of hydrogen-bond donors (Lipinski definition) is 3. The van der Waals surface area contributed by atoms with Crippen LogP contribution in [0.2, 0.25) is 0 Å². The lowest BCUT2D eigenvalue weighted by atomic mass is 9.76. The standard InChI is InChI=1S/C25H31N3O5/c1-13-9-10-16-21(14(13)2)26-24(33)25(16)20-19(17(27-25)11-12-18(29)30)22(31)28(23(20)32)15-7-5-3-4-6-8-15/h9-10,15,17,19-20,27H,3-8,11-12H2,1-2H3,(H,26,33)(H,29,30)/t17-,19-,20-,25-/m1/s1. The number of hydrogen-bond acceptors (Lipinski definition) is 5. The van der Waals surface area contributed by atoms with Crippen molar-refractivity contribution < 1.29 is 24.3 Å². The van der Waals surface area contributed by atoms with Crippen LogP contribution >= 0.6 is 0 Å².